The molecule has 4 aromatic carbocycles. The van der Waals surface area contributed by atoms with Gasteiger partial charge in [0.15, 0.2) is 0 Å². The smallest absolute Gasteiger partial charge is 0.503 e. The van der Waals surface area contributed by atoms with Gasteiger partial charge in [-0.3, -0.25) is 0 Å². The summed E-state index contributed by atoms with van der Waals surface area (Å²) in [7, 11) is 0. The van der Waals surface area contributed by atoms with Gasteiger partial charge in [0.25, 0.3) is 0 Å². The van der Waals surface area contributed by atoms with E-state index in [0.29, 0.717) is 11.5 Å². The first kappa shape index (κ1) is 27.2. The molecule has 0 N–H and O–H groups in total. The molecular formula is C36H25BN4OPt. The van der Waals surface area contributed by atoms with Crippen molar-refractivity contribution in [3.63, 3.8) is 0 Å². The third kappa shape index (κ3) is 4.45. The van der Waals surface area contributed by atoms with Crippen LogP contribution in [0.3, 0.4) is 0 Å². The molecule has 2 aliphatic heterocycles. The van der Waals surface area contributed by atoms with Gasteiger partial charge in [-0.2, -0.15) is 6.07 Å². The van der Waals surface area contributed by atoms with Crippen LogP contribution in [0, 0.1) is 26.0 Å². The van der Waals surface area contributed by atoms with Crippen molar-refractivity contribution in [3.05, 3.63) is 139 Å². The maximum Gasteiger partial charge on any atom is 2.00 e. The molecule has 43 heavy (non-hydrogen) atoms. The largest absolute Gasteiger partial charge is 2.00 e. The number of ether oxygens (including phenoxy) is 1. The summed E-state index contributed by atoms with van der Waals surface area (Å²) in [6, 6.07) is 42.1. The van der Waals surface area contributed by atoms with Gasteiger partial charge in [-0.1, -0.05) is 71.9 Å². The molecule has 0 spiro atoms. The second-order valence-electron chi connectivity index (χ2n) is 10.6. The number of hydrogen-bond acceptors (Lipinski definition) is 5. The number of aryl methyl sites for hydroxylation is 2. The quantitative estimate of drug-likeness (QED) is 0.137. The van der Waals surface area contributed by atoms with Crippen molar-refractivity contribution < 1.29 is 25.8 Å². The van der Waals surface area contributed by atoms with Crippen LogP contribution in [0.15, 0.2) is 116 Å². The zero-order valence-corrected chi connectivity index (χ0v) is 25.8. The first-order chi connectivity index (χ1) is 20.7. The first-order valence-corrected chi connectivity index (χ1v) is 14.0. The van der Waals surface area contributed by atoms with Gasteiger partial charge in [-0.25, -0.2) is 4.98 Å². The van der Waals surface area contributed by atoms with E-state index in [2.05, 4.69) is 95.2 Å². The van der Waals surface area contributed by atoms with Crippen molar-refractivity contribution in [3.8, 4) is 33.9 Å². The molecule has 0 atom stereocenters. The maximum absolute atomic E-state index is 6.38. The van der Waals surface area contributed by atoms with Crippen LogP contribution in [0.5, 0.6) is 11.5 Å². The Kier molecular flexibility index (Phi) is 6.87. The Labute approximate surface area is 266 Å². The van der Waals surface area contributed by atoms with Crippen molar-refractivity contribution >= 4 is 35.3 Å². The number of para-hydroxylation sites is 1. The van der Waals surface area contributed by atoms with Crippen LogP contribution in [-0.4, -0.2) is 17.0 Å². The molecule has 6 aromatic rings. The van der Waals surface area contributed by atoms with Crippen LogP contribution in [0.1, 0.15) is 11.1 Å². The maximum atomic E-state index is 6.38. The number of pyridine rings is 2. The van der Waals surface area contributed by atoms with E-state index in [1.165, 1.54) is 27.8 Å². The minimum absolute atomic E-state index is 0. The number of hydrogen-bond donors (Lipinski definition) is 0. The molecule has 4 heterocycles. The van der Waals surface area contributed by atoms with Gasteiger partial charge in [-0.05, 0) is 54.3 Å². The Hall–Kier alpha value is -4.67. The Morgan fingerprint density at radius 3 is 2.26 bits per heavy atom. The molecule has 2 aromatic heterocycles. The van der Waals surface area contributed by atoms with E-state index in [0.717, 1.165) is 34.0 Å². The third-order valence-electron chi connectivity index (χ3n) is 8.02. The number of anilines is 4. The topological polar surface area (TPSA) is 41.5 Å². The average molecular weight is 736 g/mol. The monoisotopic (exact) mass is 735 g/mol. The number of benzene rings is 4. The number of aromatic nitrogens is 2. The van der Waals surface area contributed by atoms with E-state index < -0.39 is 0 Å². The van der Waals surface area contributed by atoms with E-state index >= 15 is 0 Å². The predicted molar refractivity (Wildman–Crippen MR) is 169 cm³/mol. The van der Waals surface area contributed by atoms with Gasteiger partial charge in [0, 0.05) is 29.6 Å². The molecule has 0 saturated carbocycles. The fourth-order valence-electron chi connectivity index (χ4n) is 6.26. The second kappa shape index (κ2) is 10.9. The minimum Gasteiger partial charge on any atom is -0.503 e. The van der Waals surface area contributed by atoms with Gasteiger partial charge in [0.1, 0.15) is 5.82 Å². The molecule has 2 aliphatic rings. The number of nitrogens with zero attached hydrogens (tertiary/aromatic N) is 4. The fraction of sp³-hybridized carbons (Fsp3) is 0.0556. The SMILES string of the molecule is Cc1cccc(C)c1N1B2c3ccccc3-c3ccc(Oc4[c-]c(-c5ccccn5)ccc4)[c-]c3N2c2ncccc21.[Pt+2]. The molecule has 0 fully saturated rings. The molecule has 8 rings (SSSR count). The molecule has 5 nitrogen and oxygen atoms in total. The van der Waals surface area contributed by atoms with Crippen LogP contribution < -0.4 is 19.8 Å². The van der Waals surface area contributed by atoms with Crippen molar-refractivity contribution in [2.75, 3.05) is 9.62 Å². The molecule has 7 heteroatoms. The standard InChI is InChI=1S/C36H25BN4O.Pt/c1-24-10-7-11-25(2)35(24)40-33-17-9-21-39-36(33)41-34-23-28(18-19-30(34)29-14-3-4-15-31(29)37(40)41)42-27-13-8-12-26(22-27)32-16-5-6-20-38-32;/h3-21H,1-2H3;/q-2;+2. The van der Waals surface area contributed by atoms with Crippen LogP contribution in [-0.2, 0) is 21.1 Å². The Balaban J connectivity index is 0.00000300. The predicted octanol–water partition coefficient (Wildman–Crippen LogP) is 7.82. The normalized spacial score (nSPS) is 12.6. The first-order valence-electron chi connectivity index (χ1n) is 14.0. The summed E-state index contributed by atoms with van der Waals surface area (Å²) in [6.45, 7) is 4.23. The fourth-order valence-corrected chi connectivity index (χ4v) is 6.26. The van der Waals surface area contributed by atoms with E-state index in [1.54, 1.807) is 6.20 Å². The summed E-state index contributed by atoms with van der Waals surface area (Å²) >= 11 is 0. The van der Waals surface area contributed by atoms with Crippen molar-refractivity contribution in [2.24, 2.45) is 0 Å². The zero-order chi connectivity index (χ0) is 28.2. The molecular weight excluding hydrogens is 710 g/mol. The molecule has 0 amide bonds. The Bertz CT molecular complexity index is 1960. The van der Waals surface area contributed by atoms with Crippen molar-refractivity contribution in [1.82, 2.24) is 9.97 Å². The number of fused-ring (bicyclic) bond motifs is 8. The summed E-state index contributed by atoms with van der Waals surface area (Å²) in [5.41, 5.74) is 10.9. The van der Waals surface area contributed by atoms with Crippen molar-refractivity contribution in [2.45, 2.75) is 13.8 Å². The van der Waals surface area contributed by atoms with Gasteiger partial charge in [-0.15, -0.1) is 41.5 Å². The van der Waals surface area contributed by atoms with E-state index in [1.807, 2.05) is 54.7 Å². The molecule has 0 radical (unpaired) electrons. The Morgan fingerprint density at radius 2 is 1.42 bits per heavy atom. The summed E-state index contributed by atoms with van der Waals surface area (Å²) in [5.74, 6) is 2.13. The van der Waals surface area contributed by atoms with Crippen LogP contribution in [0.25, 0.3) is 22.4 Å². The van der Waals surface area contributed by atoms with Gasteiger partial charge in [0.05, 0.1) is 5.69 Å². The van der Waals surface area contributed by atoms with Crippen LogP contribution >= 0.6 is 0 Å². The molecule has 0 saturated heterocycles. The summed E-state index contributed by atoms with van der Waals surface area (Å²) < 4.78 is 6.38. The zero-order valence-electron chi connectivity index (χ0n) is 23.6. The second-order valence-corrected chi connectivity index (χ2v) is 10.6. The van der Waals surface area contributed by atoms with Crippen molar-refractivity contribution in [1.29, 1.82) is 0 Å². The molecule has 0 unspecified atom stereocenters. The van der Waals surface area contributed by atoms with Gasteiger partial charge < -0.3 is 19.3 Å². The van der Waals surface area contributed by atoms with Gasteiger partial charge >= 0.3 is 28.0 Å². The Morgan fingerprint density at radius 1 is 0.651 bits per heavy atom. The average Bonchev–Trinajstić information content (AvgIpc) is 3.37. The van der Waals surface area contributed by atoms with E-state index in [9.17, 15) is 0 Å². The van der Waals surface area contributed by atoms with Crippen LogP contribution in [0.4, 0.5) is 22.9 Å². The summed E-state index contributed by atoms with van der Waals surface area (Å²) in [6.07, 6.45) is 3.65. The van der Waals surface area contributed by atoms with E-state index in [-0.39, 0.29) is 28.0 Å². The number of rotatable bonds is 4. The summed E-state index contributed by atoms with van der Waals surface area (Å²) in [5, 5.41) is 0. The van der Waals surface area contributed by atoms with Gasteiger partial charge in [0.2, 0.25) is 0 Å². The van der Waals surface area contributed by atoms with E-state index in [4.69, 9.17) is 9.72 Å². The minimum atomic E-state index is -0.121. The molecule has 0 aliphatic carbocycles. The molecule has 0 bridgehead atoms. The summed E-state index contributed by atoms with van der Waals surface area (Å²) in [4.78, 5) is 14.1. The van der Waals surface area contributed by atoms with Crippen LogP contribution in [0.2, 0.25) is 0 Å². The molecule has 208 valence electrons. The third-order valence-corrected chi connectivity index (χ3v) is 8.02.